The lowest BCUT2D eigenvalue weighted by Gasteiger charge is -2.07. The number of carbonyl (C=O) groups excluding carboxylic acids is 2. The lowest BCUT2D eigenvalue weighted by Crippen LogP contribution is -2.14. The quantitative estimate of drug-likeness (QED) is 0.694. The van der Waals surface area contributed by atoms with Crippen LogP contribution in [0.1, 0.15) is 31.8 Å². The largest absolute Gasteiger partial charge is 0.366 e. The molecule has 0 aliphatic heterocycles. The lowest BCUT2D eigenvalue weighted by atomic mass is 9.96. The summed E-state index contributed by atoms with van der Waals surface area (Å²) in [5, 5.41) is 0. The van der Waals surface area contributed by atoms with Crippen molar-refractivity contribution < 1.29 is 9.59 Å². The van der Waals surface area contributed by atoms with E-state index in [1.165, 1.54) is 0 Å². The van der Waals surface area contributed by atoms with Crippen molar-refractivity contribution in [3.05, 3.63) is 58.7 Å². The van der Waals surface area contributed by atoms with Crippen molar-refractivity contribution in [1.82, 2.24) is 0 Å². The maximum atomic E-state index is 11.4. The molecular formula is C15H11NO2. The first-order chi connectivity index (χ1) is 8.72. The Labute approximate surface area is 104 Å². The van der Waals surface area contributed by atoms with Gasteiger partial charge in [-0.2, -0.15) is 0 Å². The maximum absolute atomic E-state index is 11.4. The van der Waals surface area contributed by atoms with Gasteiger partial charge in [-0.15, -0.1) is 0 Å². The molecule has 0 unspecified atom stereocenters. The number of rotatable bonds is 2. The molecule has 2 aromatic rings. The van der Waals surface area contributed by atoms with E-state index in [1.807, 2.05) is 24.3 Å². The summed E-state index contributed by atoms with van der Waals surface area (Å²) in [7, 11) is 0. The fourth-order valence-electron chi connectivity index (χ4n) is 2.61. The van der Waals surface area contributed by atoms with E-state index in [-0.39, 0.29) is 0 Å². The minimum absolute atomic E-state index is 0.448. The number of benzene rings is 2. The Bertz CT molecular complexity index is 674. The Balaban J connectivity index is 2.36. The summed E-state index contributed by atoms with van der Waals surface area (Å²) in [5.41, 5.74) is 10.4. The van der Waals surface area contributed by atoms with Gasteiger partial charge in [-0.05, 0) is 34.7 Å². The van der Waals surface area contributed by atoms with Crippen LogP contribution in [0.4, 0.5) is 0 Å². The average molecular weight is 237 g/mol. The average Bonchev–Trinajstić information content (AvgIpc) is 2.76. The molecule has 2 aromatic carbocycles. The highest BCUT2D eigenvalue weighted by Crippen LogP contribution is 2.39. The van der Waals surface area contributed by atoms with Crippen LogP contribution >= 0.6 is 0 Å². The molecule has 0 saturated carbocycles. The molecule has 1 amide bonds. The molecule has 3 heteroatoms. The van der Waals surface area contributed by atoms with Crippen LogP contribution in [0, 0.1) is 0 Å². The van der Waals surface area contributed by atoms with Gasteiger partial charge in [0.25, 0.3) is 0 Å². The zero-order valence-corrected chi connectivity index (χ0v) is 9.64. The van der Waals surface area contributed by atoms with Gasteiger partial charge in [0.15, 0.2) is 6.29 Å². The standard InChI is InChI=1S/C15H11NO2/c16-15(18)12-6-5-10(8-17)14-11-4-2-1-3-9(11)7-13(12)14/h1-6,8H,7H2,(H2,16,18). The molecule has 88 valence electrons. The van der Waals surface area contributed by atoms with Crippen LogP contribution in [0.3, 0.4) is 0 Å². The molecule has 3 nitrogen and oxygen atoms in total. The molecule has 1 aliphatic carbocycles. The zero-order valence-electron chi connectivity index (χ0n) is 9.64. The highest BCUT2D eigenvalue weighted by molar-refractivity contribution is 6.01. The highest BCUT2D eigenvalue weighted by Gasteiger charge is 2.25. The minimum atomic E-state index is -0.448. The summed E-state index contributed by atoms with van der Waals surface area (Å²) in [5.74, 6) is -0.448. The van der Waals surface area contributed by atoms with E-state index in [9.17, 15) is 9.59 Å². The zero-order chi connectivity index (χ0) is 12.7. The van der Waals surface area contributed by atoms with E-state index in [0.29, 0.717) is 17.5 Å². The normalized spacial score (nSPS) is 11.8. The molecule has 1 aliphatic rings. The molecule has 0 aromatic heterocycles. The number of aldehydes is 1. The predicted molar refractivity (Wildman–Crippen MR) is 68.6 cm³/mol. The lowest BCUT2D eigenvalue weighted by molar-refractivity contribution is 0.0998. The van der Waals surface area contributed by atoms with Crippen LogP contribution in [-0.4, -0.2) is 12.2 Å². The van der Waals surface area contributed by atoms with Crippen LogP contribution in [0.5, 0.6) is 0 Å². The van der Waals surface area contributed by atoms with Gasteiger partial charge in [-0.3, -0.25) is 9.59 Å². The topological polar surface area (TPSA) is 60.2 Å². The molecule has 0 fully saturated rings. The number of primary amides is 1. The van der Waals surface area contributed by atoms with Crippen LogP contribution in [0.25, 0.3) is 11.1 Å². The first-order valence-corrected chi connectivity index (χ1v) is 5.71. The third-order valence-corrected chi connectivity index (χ3v) is 3.39. The van der Waals surface area contributed by atoms with E-state index in [2.05, 4.69) is 0 Å². The van der Waals surface area contributed by atoms with Gasteiger partial charge in [0.2, 0.25) is 5.91 Å². The molecule has 0 heterocycles. The van der Waals surface area contributed by atoms with Gasteiger partial charge < -0.3 is 5.73 Å². The summed E-state index contributed by atoms with van der Waals surface area (Å²) >= 11 is 0. The van der Waals surface area contributed by atoms with Crippen molar-refractivity contribution in [1.29, 1.82) is 0 Å². The minimum Gasteiger partial charge on any atom is -0.366 e. The molecule has 0 saturated heterocycles. The Morgan fingerprint density at radius 1 is 1.17 bits per heavy atom. The monoisotopic (exact) mass is 237 g/mol. The van der Waals surface area contributed by atoms with Crippen LogP contribution in [0.15, 0.2) is 36.4 Å². The maximum Gasteiger partial charge on any atom is 0.249 e. The van der Waals surface area contributed by atoms with Crippen LogP contribution < -0.4 is 5.73 Å². The van der Waals surface area contributed by atoms with Crippen molar-refractivity contribution in [2.75, 3.05) is 0 Å². The number of amides is 1. The molecular weight excluding hydrogens is 226 g/mol. The second-order valence-electron chi connectivity index (χ2n) is 4.37. The van der Waals surface area contributed by atoms with E-state index in [0.717, 1.165) is 28.5 Å². The first kappa shape index (κ1) is 10.7. The number of hydrogen-bond donors (Lipinski definition) is 1. The molecule has 0 radical (unpaired) electrons. The Morgan fingerprint density at radius 2 is 1.94 bits per heavy atom. The summed E-state index contributed by atoms with van der Waals surface area (Å²) < 4.78 is 0. The van der Waals surface area contributed by atoms with E-state index >= 15 is 0 Å². The first-order valence-electron chi connectivity index (χ1n) is 5.71. The number of nitrogens with two attached hydrogens (primary N) is 1. The predicted octanol–water partition coefficient (Wildman–Crippen LogP) is 2.17. The van der Waals surface area contributed by atoms with E-state index in [4.69, 9.17) is 5.73 Å². The smallest absolute Gasteiger partial charge is 0.249 e. The van der Waals surface area contributed by atoms with Gasteiger partial charge in [-0.25, -0.2) is 0 Å². The molecule has 3 rings (SSSR count). The van der Waals surface area contributed by atoms with Crippen LogP contribution in [0.2, 0.25) is 0 Å². The molecule has 0 atom stereocenters. The summed E-state index contributed by atoms with van der Waals surface area (Å²) in [6.45, 7) is 0. The van der Waals surface area contributed by atoms with Gasteiger partial charge >= 0.3 is 0 Å². The van der Waals surface area contributed by atoms with Crippen molar-refractivity contribution in [2.45, 2.75) is 6.42 Å². The molecule has 2 N–H and O–H groups in total. The third kappa shape index (κ3) is 1.37. The number of fused-ring (bicyclic) bond motifs is 3. The fraction of sp³-hybridized carbons (Fsp3) is 0.0667. The molecule has 18 heavy (non-hydrogen) atoms. The second kappa shape index (κ2) is 3.81. The summed E-state index contributed by atoms with van der Waals surface area (Å²) in [6, 6.07) is 11.2. The number of hydrogen-bond acceptors (Lipinski definition) is 2. The Morgan fingerprint density at radius 3 is 2.67 bits per heavy atom. The molecule has 0 bridgehead atoms. The molecule has 0 spiro atoms. The second-order valence-corrected chi connectivity index (χ2v) is 4.37. The summed E-state index contributed by atoms with van der Waals surface area (Å²) in [4.78, 5) is 22.6. The van der Waals surface area contributed by atoms with Crippen molar-refractivity contribution in [2.24, 2.45) is 5.73 Å². The van der Waals surface area contributed by atoms with Gasteiger partial charge in [-0.1, -0.05) is 30.3 Å². The SMILES string of the molecule is NC(=O)c1ccc(C=O)c2c1Cc1ccccc1-2. The third-order valence-electron chi connectivity index (χ3n) is 3.39. The van der Waals surface area contributed by atoms with Gasteiger partial charge in [0.05, 0.1) is 0 Å². The van der Waals surface area contributed by atoms with Crippen LogP contribution in [-0.2, 0) is 6.42 Å². The van der Waals surface area contributed by atoms with E-state index < -0.39 is 5.91 Å². The van der Waals surface area contributed by atoms with Crippen molar-refractivity contribution >= 4 is 12.2 Å². The van der Waals surface area contributed by atoms with Gasteiger partial charge in [0, 0.05) is 11.1 Å². The van der Waals surface area contributed by atoms with E-state index in [1.54, 1.807) is 12.1 Å². The highest BCUT2D eigenvalue weighted by atomic mass is 16.1. The number of carbonyl (C=O) groups is 2. The fourth-order valence-corrected chi connectivity index (χ4v) is 2.61. The van der Waals surface area contributed by atoms with Crippen molar-refractivity contribution in [3.8, 4) is 11.1 Å². The Kier molecular flexibility index (Phi) is 2.27. The Hall–Kier alpha value is -2.42. The summed E-state index contributed by atoms with van der Waals surface area (Å²) in [6.07, 6.45) is 1.48. The van der Waals surface area contributed by atoms with Crippen molar-refractivity contribution in [3.63, 3.8) is 0 Å². The van der Waals surface area contributed by atoms with Gasteiger partial charge in [0.1, 0.15) is 0 Å².